The predicted octanol–water partition coefficient (Wildman–Crippen LogP) is 5.24. The highest BCUT2D eigenvalue weighted by atomic mass is 32.2. The fourth-order valence-corrected chi connectivity index (χ4v) is 6.26. The lowest BCUT2D eigenvalue weighted by molar-refractivity contribution is -0.385. The van der Waals surface area contributed by atoms with Crippen molar-refractivity contribution in [1.82, 2.24) is 4.31 Å². The van der Waals surface area contributed by atoms with Crippen molar-refractivity contribution in [2.45, 2.75) is 29.8 Å². The molecule has 0 fully saturated rings. The average Bonchev–Trinajstić information content (AvgIpc) is 3.34. The number of rotatable bonds is 6. The van der Waals surface area contributed by atoms with Crippen LogP contribution < -0.4 is 5.32 Å². The summed E-state index contributed by atoms with van der Waals surface area (Å²) >= 11 is 0. The van der Waals surface area contributed by atoms with Crippen molar-refractivity contribution in [1.29, 1.82) is 0 Å². The predicted molar refractivity (Wildman–Crippen MR) is 131 cm³/mol. The number of benzene rings is 3. The van der Waals surface area contributed by atoms with Crippen LogP contribution in [0.4, 0.5) is 11.4 Å². The summed E-state index contributed by atoms with van der Waals surface area (Å²) in [6.45, 7) is 0.282. The van der Waals surface area contributed by atoms with Gasteiger partial charge in [-0.3, -0.25) is 10.1 Å². The van der Waals surface area contributed by atoms with Crippen LogP contribution in [0.1, 0.15) is 35.1 Å². The Labute approximate surface area is 198 Å². The molecular weight excluding hydrogens is 450 g/mol. The fourth-order valence-electron chi connectivity index (χ4n) is 5.06. The van der Waals surface area contributed by atoms with Gasteiger partial charge in [-0.1, -0.05) is 60.7 Å². The van der Waals surface area contributed by atoms with Crippen molar-refractivity contribution >= 4 is 21.4 Å². The van der Waals surface area contributed by atoms with E-state index in [9.17, 15) is 18.5 Å². The van der Waals surface area contributed by atoms with Gasteiger partial charge < -0.3 is 5.32 Å². The minimum absolute atomic E-state index is 0.0179. The molecule has 0 radical (unpaired) electrons. The zero-order valence-electron chi connectivity index (χ0n) is 18.7. The summed E-state index contributed by atoms with van der Waals surface area (Å²) in [5.41, 5.74) is 3.37. The van der Waals surface area contributed by atoms with Crippen LogP contribution in [-0.4, -0.2) is 24.7 Å². The Morgan fingerprint density at radius 3 is 2.53 bits per heavy atom. The van der Waals surface area contributed by atoms with Gasteiger partial charge in [-0.25, -0.2) is 8.42 Å². The molecule has 1 N–H and O–H groups in total. The van der Waals surface area contributed by atoms with E-state index >= 15 is 0 Å². The highest BCUT2D eigenvalue weighted by Gasteiger charge is 2.40. The number of nitrogens with one attached hydrogen (secondary N) is 1. The third-order valence-corrected chi connectivity index (χ3v) is 8.56. The number of nitrogens with zero attached hydrogens (tertiary/aromatic N) is 2. The molecule has 1 heterocycles. The Morgan fingerprint density at radius 2 is 1.76 bits per heavy atom. The minimum Gasteiger partial charge on any atom is -0.377 e. The molecule has 8 heteroatoms. The van der Waals surface area contributed by atoms with E-state index in [1.807, 2.05) is 36.4 Å². The Kier molecular flexibility index (Phi) is 5.71. The van der Waals surface area contributed by atoms with Gasteiger partial charge in [0.05, 0.1) is 21.4 Å². The first-order valence-electron chi connectivity index (χ1n) is 11.2. The van der Waals surface area contributed by atoms with E-state index in [2.05, 4.69) is 17.5 Å². The molecule has 174 valence electrons. The number of allylic oxidation sites excluding steroid dienone is 2. The molecule has 0 saturated carbocycles. The second kappa shape index (κ2) is 8.70. The molecule has 3 aromatic rings. The number of sulfonamides is 1. The molecule has 1 aliphatic heterocycles. The summed E-state index contributed by atoms with van der Waals surface area (Å²) in [5.74, 6) is 0.0456. The zero-order valence-corrected chi connectivity index (χ0v) is 19.5. The first-order chi connectivity index (χ1) is 16.4. The second-order valence-corrected chi connectivity index (χ2v) is 10.8. The Morgan fingerprint density at radius 1 is 1.03 bits per heavy atom. The summed E-state index contributed by atoms with van der Waals surface area (Å²) < 4.78 is 28.0. The summed E-state index contributed by atoms with van der Waals surface area (Å²) in [4.78, 5) is 11.5. The molecule has 0 bridgehead atoms. The maximum absolute atomic E-state index is 13.3. The maximum atomic E-state index is 13.3. The third-order valence-electron chi connectivity index (χ3n) is 6.76. The maximum Gasteiger partial charge on any atom is 0.274 e. The van der Waals surface area contributed by atoms with Crippen molar-refractivity contribution in [3.05, 3.63) is 112 Å². The van der Waals surface area contributed by atoms with Crippen LogP contribution in [-0.2, 0) is 16.6 Å². The van der Waals surface area contributed by atoms with E-state index < -0.39 is 10.0 Å². The molecule has 7 nitrogen and oxygen atoms in total. The SMILES string of the molecule is CN(Cc1ccccc1)S(=O)(=O)c1ccc2c(c1)C1C=CCC1C(c1ccccc1[N+](=O)[O-])N2. The van der Waals surface area contributed by atoms with Gasteiger partial charge in [0.25, 0.3) is 5.69 Å². The van der Waals surface area contributed by atoms with E-state index in [1.165, 1.54) is 10.4 Å². The zero-order chi connectivity index (χ0) is 23.9. The monoisotopic (exact) mass is 475 g/mol. The van der Waals surface area contributed by atoms with Gasteiger partial charge in [0.15, 0.2) is 0 Å². The molecular formula is C26H25N3O4S. The van der Waals surface area contributed by atoms with Crippen molar-refractivity contribution in [2.24, 2.45) is 5.92 Å². The second-order valence-electron chi connectivity index (χ2n) is 8.79. The van der Waals surface area contributed by atoms with Crippen molar-refractivity contribution in [2.75, 3.05) is 12.4 Å². The number of fused-ring (bicyclic) bond motifs is 3. The van der Waals surface area contributed by atoms with Gasteiger partial charge in [-0.15, -0.1) is 0 Å². The Balaban J connectivity index is 1.49. The standard InChI is InChI=1S/C26H25N3O4S/c1-28(17-18-8-3-2-4-9-18)34(32,33)19-14-15-24-23(16-19)20-11-7-12-21(20)26(27-24)22-10-5-6-13-25(22)29(30)31/h2-11,13-16,20-21,26-27H,12,17H2,1H3. The lowest BCUT2D eigenvalue weighted by Crippen LogP contribution is -2.30. The Hall–Kier alpha value is -3.49. The highest BCUT2D eigenvalue weighted by molar-refractivity contribution is 7.89. The van der Waals surface area contributed by atoms with Crippen molar-refractivity contribution < 1.29 is 13.3 Å². The van der Waals surface area contributed by atoms with E-state index in [-0.39, 0.29) is 39.9 Å². The molecule has 5 rings (SSSR count). The first-order valence-corrected chi connectivity index (χ1v) is 12.6. The molecule has 2 aliphatic rings. The molecule has 3 aromatic carbocycles. The normalized spacial score (nSPS) is 21.1. The number of para-hydroxylation sites is 1. The molecule has 3 atom stereocenters. The van der Waals surface area contributed by atoms with E-state index in [0.29, 0.717) is 5.56 Å². The van der Waals surface area contributed by atoms with Crippen LogP contribution in [0, 0.1) is 16.0 Å². The quantitative estimate of drug-likeness (QED) is 0.299. The molecule has 3 unspecified atom stereocenters. The van der Waals surface area contributed by atoms with Crippen LogP contribution in [0.2, 0.25) is 0 Å². The largest absolute Gasteiger partial charge is 0.377 e. The number of nitro groups is 1. The van der Waals surface area contributed by atoms with Gasteiger partial charge >= 0.3 is 0 Å². The molecule has 0 aromatic heterocycles. The summed E-state index contributed by atoms with van der Waals surface area (Å²) in [5, 5.41) is 15.1. The van der Waals surface area contributed by atoms with Crippen molar-refractivity contribution in [3.8, 4) is 0 Å². The van der Waals surface area contributed by atoms with E-state index in [4.69, 9.17) is 0 Å². The van der Waals surface area contributed by atoms with E-state index in [0.717, 1.165) is 23.2 Å². The average molecular weight is 476 g/mol. The molecule has 1 aliphatic carbocycles. The first kappa shape index (κ1) is 22.3. The minimum atomic E-state index is -3.69. The van der Waals surface area contributed by atoms with Gasteiger partial charge in [-0.2, -0.15) is 4.31 Å². The van der Waals surface area contributed by atoms with Crippen LogP contribution in [0.3, 0.4) is 0 Å². The van der Waals surface area contributed by atoms with Gasteiger partial charge in [-0.05, 0) is 41.7 Å². The molecule has 0 saturated heterocycles. The summed E-state index contributed by atoms with van der Waals surface area (Å²) in [7, 11) is -2.10. The number of nitro benzene ring substituents is 1. The van der Waals surface area contributed by atoms with Crippen molar-refractivity contribution in [3.63, 3.8) is 0 Å². The molecule has 0 amide bonds. The van der Waals surface area contributed by atoms with Gasteiger partial charge in [0.2, 0.25) is 10.0 Å². The van der Waals surface area contributed by atoms with Crippen LogP contribution in [0.15, 0.2) is 89.8 Å². The van der Waals surface area contributed by atoms with Crippen LogP contribution in [0.25, 0.3) is 0 Å². The smallest absolute Gasteiger partial charge is 0.274 e. The fraction of sp³-hybridized carbons (Fsp3) is 0.231. The lowest BCUT2D eigenvalue weighted by Gasteiger charge is -2.37. The van der Waals surface area contributed by atoms with E-state index in [1.54, 1.807) is 37.4 Å². The molecule has 34 heavy (non-hydrogen) atoms. The van der Waals surface area contributed by atoms with Crippen LogP contribution >= 0.6 is 0 Å². The lowest BCUT2D eigenvalue weighted by atomic mass is 9.76. The third kappa shape index (κ3) is 3.89. The molecule has 0 spiro atoms. The Bertz CT molecular complexity index is 1370. The van der Waals surface area contributed by atoms with Crippen LogP contribution in [0.5, 0.6) is 0 Å². The number of hydrogen-bond acceptors (Lipinski definition) is 5. The number of hydrogen-bond donors (Lipinski definition) is 1. The highest BCUT2D eigenvalue weighted by Crippen LogP contribution is 2.51. The summed E-state index contributed by atoms with van der Waals surface area (Å²) in [6, 6.07) is 21.2. The number of anilines is 1. The van der Waals surface area contributed by atoms with Gasteiger partial charge in [0.1, 0.15) is 0 Å². The summed E-state index contributed by atoms with van der Waals surface area (Å²) in [6.07, 6.45) is 4.94. The van der Waals surface area contributed by atoms with Gasteiger partial charge in [0, 0.05) is 31.3 Å². The topological polar surface area (TPSA) is 92.5 Å².